The zero-order valence-corrected chi connectivity index (χ0v) is 14.3. The Morgan fingerprint density at radius 3 is 2.22 bits per heavy atom. The van der Waals surface area contributed by atoms with Gasteiger partial charge in [-0.3, -0.25) is 14.9 Å². The molecule has 0 aliphatic heterocycles. The van der Waals surface area contributed by atoms with Gasteiger partial charge in [0.1, 0.15) is 0 Å². The van der Waals surface area contributed by atoms with Crippen molar-refractivity contribution in [3.63, 3.8) is 0 Å². The quantitative estimate of drug-likeness (QED) is 0.696. The third-order valence-corrected chi connectivity index (χ3v) is 3.63. The minimum absolute atomic E-state index is 0.0367. The molecule has 1 amide bonds. The summed E-state index contributed by atoms with van der Waals surface area (Å²) in [5.41, 5.74) is 1.85. The number of benzene rings is 2. The van der Waals surface area contributed by atoms with Gasteiger partial charge in [-0.05, 0) is 54.2 Å². The van der Waals surface area contributed by atoms with Crippen LogP contribution < -0.4 is 10.6 Å². The predicted octanol–water partition coefficient (Wildman–Crippen LogP) is 3.20. The standard InChI is InChI=1S/C16H13BrN2O3S/c17-12-5-3-11(4-6-12)15(22)19-16(23)18-13-7-1-10(2-8-13)9-14(20)21/h1-8H,9H2,(H,20,21)(H2,18,19,22,23). The highest BCUT2D eigenvalue weighted by atomic mass is 79.9. The number of aliphatic carboxylic acids is 1. The molecule has 2 aromatic carbocycles. The number of rotatable bonds is 4. The zero-order valence-electron chi connectivity index (χ0n) is 11.9. The van der Waals surface area contributed by atoms with Crippen LogP contribution in [-0.2, 0) is 11.2 Å². The van der Waals surface area contributed by atoms with Gasteiger partial charge in [0.05, 0.1) is 6.42 Å². The van der Waals surface area contributed by atoms with Crippen molar-refractivity contribution in [2.75, 3.05) is 5.32 Å². The van der Waals surface area contributed by atoms with Crippen LogP contribution in [0.2, 0.25) is 0 Å². The first-order valence-corrected chi connectivity index (χ1v) is 7.83. The Morgan fingerprint density at radius 1 is 1.04 bits per heavy atom. The number of nitrogens with one attached hydrogen (secondary N) is 2. The van der Waals surface area contributed by atoms with Crippen LogP contribution in [0.4, 0.5) is 5.69 Å². The molecule has 7 heteroatoms. The number of anilines is 1. The number of hydrogen-bond acceptors (Lipinski definition) is 3. The van der Waals surface area contributed by atoms with E-state index in [1.807, 2.05) is 0 Å². The average molecular weight is 393 g/mol. The van der Waals surface area contributed by atoms with E-state index in [4.69, 9.17) is 17.3 Å². The molecule has 2 aromatic rings. The van der Waals surface area contributed by atoms with Crippen LogP contribution in [0.3, 0.4) is 0 Å². The summed E-state index contributed by atoms with van der Waals surface area (Å²) >= 11 is 8.40. The number of carbonyl (C=O) groups excluding carboxylic acids is 1. The monoisotopic (exact) mass is 392 g/mol. The van der Waals surface area contributed by atoms with Gasteiger partial charge in [-0.15, -0.1) is 0 Å². The van der Waals surface area contributed by atoms with Crippen molar-refractivity contribution in [3.05, 3.63) is 64.1 Å². The van der Waals surface area contributed by atoms with Crippen molar-refractivity contribution in [1.29, 1.82) is 0 Å². The molecule has 0 heterocycles. The van der Waals surface area contributed by atoms with Crippen LogP contribution in [0.5, 0.6) is 0 Å². The molecule has 2 rings (SSSR count). The van der Waals surface area contributed by atoms with Crippen LogP contribution in [0.25, 0.3) is 0 Å². The van der Waals surface area contributed by atoms with E-state index < -0.39 is 5.97 Å². The Bertz CT molecular complexity index is 730. The summed E-state index contributed by atoms with van der Waals surface area (Å²) in [6, 6.07) is 13.7. The Kier molecular flexibility index (Phi) is 5.84. The normalized spacial score (nSPS) is 9.96. The molecule has 23 heavy (non-hydrogen) atoms. The number of amides is 1. The molecule has 0 radical (unpaired) electrons. The average Bonchev–Trinajstić information content (AvgIpc) is 2.49. The molecule has 0 atom stereocenters. The second kappa shape index (κ2) is 7.85. The Labute approximate surface area is 146 Å². The van der Waals surface area contributed by atoms with E-state index in [0.717, 1.165) is 4.47 Å². The van der Waals surface area contributed by atoms with E-state index in [1.54, 1.807) is 48.5 Å². The Balaban J connectivity index is 1.92. The lowest BCUT2D eigenvalue weighted by Crippen LogP contribution is -2.34. The minimum atomic E-state index is -0.886. The molecule has 0 bridgehead atoms. The molecule has 0 saturated heterocycles. The van der Waals surface area contributed by atoms with Gasteiger partial charge in [0.2, 0.25) is 0 Å². The smallest absolute Gasteiger partial charge is 0.307 e. The van der Waals surface area contributed by atoms with Crippen molar-refractivity contribution >= 4 is 50.8 Å². The fourth-order valence-electron chi connectivity index (χ4n) is 1.82. The summed E-state index contributed by atoms with van der Waals surface area (Å²) in [6.07, 6.45) is -0.0367. The number of thiocarbonyl (C=S) groups is 1. The fraction of sp³-hybridized carbons (Fsp3) is 0.0625. The number of halogens is 1. The summed E-state index contributed by atoms with van der Waals surface area (Å²) in [4.78, 5) is 22.6. The summed E-state index contributed by atoms with van der Waals surface area (Å²) in [6.45, 7) is 0. The van der Waals surface area contributed by atoms with Gasteiger partial charge in [0, 0.05) is 15.7 Å². The van der Waals surface area contributed by atoms with Crippen LogP contribution in [-0.4, -0.2) is 22.1 Å². The minimum Gasteiger partial charge on any atom is -0.481 e. The second-order valence-electron chi connectivity index (χ2n) is 4.68. The van der Waals surface area contributed by atoms with E-state index in [9.17, 15) is 9.59 Å². The van der Waals surface area contributed by atoms with E-state index >= 15 is 0 Å². The van der Waals surface area contributed by atoms with Crippen LogP contribution in [0.15, 0.2) is 53.0 Å². The van der Waals surface area contributed by atoms with Gasteiger partial charge >= 0.3 is 5.97 Å². The molecule has 0 unspecified atom stereocenters. The SMILES string of the molecule is O=C(O)Cc1ccc(NC(=S)NC(=O)c2ccc(Br)cc2)cc1. The number of hydrogen-bond donors (Lipinski definition) is 3. The van der Waals surface area contributed by atoms with E-state index in [-0.39, 0.29) is 17.4 Å². The molecule has 3 N–H and O–H groups in total. The van der Waals surface area contributed by atoms with Crippen molar-refractivity contribution in [2.24, 2.45) is 0 Å². The van der Waals surface area contributed by atoms with Gasteiger partial charge in [-0.25, -0.2) is 0 Å². The third kappa shape index (κ3) is 5.46. The maximum Gasteiger partial charge on any atom is 0.307 e. The topological polar surface area (TPSA) is 78.4 Å². The molecule has 0 aliphatic rings. The predicted molar refractivity (Wildman–Crippen MR) is 95.6 cm³/mol. The molecule has 0 spiro atoms. The molecular formula is C16H13BrN2O3S. The zero-order chi connectivity index (χ0) is 16.8. The number of carboxylic acid groups (broad SMARTS) is 1. The molecule has 0 fully saturated rings. The molecule has 0 saturated carbocycles. The van der Waals surface area contributed by atoms with Gasteiger partial charge in [0.25, 0.3) is 5.91 Å². The number of carboxylic acids is 1. The lowest BCUT2D eigenvalue weighted by atomic mass is 10.1. The maximum absolute atomic E-state index is 12.0. The summed E-state index contributed by atoms with van der Waals surface area (Å²) in [5.74, 6) is -1.19. The summed E-state index contributed by atoms with van der Waals surface area (Å²) in [5, 5.41) is 14.3. The lowest BCUT2D eigenvalue weighted by Gasteiger charge is -2.10. The molecule has 5 nitrogen and oxygen atoms in total. The Hall–Kier alpha value is -2.25. The first kappa shape index (κ1) is 17.1. The molecular weight excluding hydrogens is 380 g/mol. The highest BCUT2D eigenvalue weighted by molar-refractivity contribution is 9.10. The largest absolute Gasteiger partial charge is 0.481 e. The van der Waals surface area contributed by atoms with Gasteiger partial charge < -0.3 is 10.4 Å². The third-order valence-electron chi connectivity index (χ3n) is 2.90. The van der Waals surface area contributed by atoms with Crippen molar-refractivity contribution in [1.82, 2.24) is 5.32 Å². The van der Waals surface area contributed by atoms with Gasteiger partial charge in [-0.2, -0.15) is 0 Å². The summed E-state index contributed by atoms with van der Waals surface area (Å²) < 4.78 is 0.885. The highest BCUT2D eigenvalue weighted by Gasteiger charge is 2.08. The second-order valence-corrected chi connectivity index (χ2v) is 6.01. The van der Waals surface area contributed by atoms with E-state index in [2.05, 4.69) is 26.6 Å². The highest BCUT2D eigenvalue weighted by Crippen LogP contribution is 2.12. The first-order valence-electron chi connectivity index (χ1n) is 6.62. The van der Waals surface area contributed by atoms with Crippen LogP contribution in [0.1, 0.15) is 15.9 Å². The van der Waals surface area contributed by atoms with Crippen LogP contribution >= 0.6 is 28.1 Å². The van der Waals surface area contributed by atoms with E-state index in [1.165, 1.54) is 0 Å². The van der Waals surface area contributed by atoms with Gasteiger partial charge in [-0.1, -0.05) is 28.1 Å². The van der Waals surface area contributed by atoms with E-state index in [0.29, 0.717) is 16.8 Å². The molecule has 0 aromatic heterocycles. The molecule has 0 aliphatic carbocycles. The summed E-state index contributed by atoms with van der Waals surface area (Å²) in [7, 11) is 0. The maximum atomic E-state index is 12.0. The molecule has 118 valence electrons. The fourth-order valence-corrected chi connectivity index (χ4v) is 2.29. The first-order chi connectivity index (χ1) is 10.9. The van der Waals surface area contributed by atoms with Crippen molar-refractivity contribution in [2.45, 2.75) is 6.42 Å². The number of carbonyl (C=O) groups is 2. The van der Waals surface area contributed by atoms with Gasteiger partial charge in [0.15, 0.2) is 5.11 Å². The Morgan fingerprint density at radius 2 is 1.65 bits per heavy atom. The van der Waals surface area contributed by atoms with Crippen molar-refractivity contribution < 1.29 is 14.7 Å². The van der Waals surface area contributed by atoms with Crippen LogP contribution in [0, 0.1) is 0 Å². The van der Waals surface area contributed by atoms with Crippen molar-refractivity contribution in [3.8, 4) is 0 Å². The lowest BCUT2D eigenvalue weighted by molar-refractivity contribution is -0.136.